The molecule has 0 aromatic carbocycles. The molecule has 2 aromatic rings. The van der Waals surface area contributed by atoms with Crippen molar-refractivity contribution in [3.8, 4) is 17.1 Å². The SMILES string of the molecule is COc1ncnc(C2CC2)c1-c1nn(C(C)C)c2c1CN(C(=O)OC(C)(C)C)CC2. The number of aromatic nitrogens is 4. The molecule has 1 saturated carbocycles. The molecular weight excluding hydrogens is 382 g/mol. The van der Waals surface area contributed by atoms with Gasteiger partial charge in [0.15, 0.2) is 0 Å². The fraction of sp³-hybridized carbons (Fsp3) is 0.636. The molecule has 2 aliphatic rings. The smallest absolute Gasteiger partial charge is 0.410 e. The summed E-state index contributed by atoms with van der Waals surface area (Å²) in [6.45, 7) is 11.0. The van der Waals surface area contributed by atoms with Crippen LogP contribution in [0.4, 0.5) is 4.79 Å². The Morgan fingerprint density at radius 3 is 2.57 bits per heavy atom. The molecular formula is C22H31N5O3. The summed E-state index contributed by atoms with van der Waals surface area (Å²) >= 11 is 0. The van der Waals surface area contributed by atoms with E-state index >= 15 is 0 Å². The minimum absolute atomic E-state index is 0.209. The van der Waals surface area contributed by atoms with Crippen molar-refractivity contribution < 1.29 is 14.3 Å². The molecule has 0 spiro atoms. The Morgan fingerprint density at radius 2 is 1.97 bits per heavy atom. The predicted octanol–water partition coefficient (Wildman–Crippen LogP) is 4.10. The molecule has 2 aromatic heterocycles. The molecule has 1 fully saturated rings. The minimum Gasteiger partial charge on any atom is -0.480 e. The molecule has 4 rings (SSSR count). The maximum Gasteiger partial charge on any atom is 0.410 e. The molecule has 8 nitrogen and oxygen atoms in total. The van der Waals surface area contributed by atoms with Crippen molar-refractivity contribution in [2.24, 2.45) is 0 Å². The summed E-state index contributed by atoms with van der Waals surface area (Å²) in [6.07, 6.45) is 4.23. The van der Waals surface area contributed by atoms with Crippen LogP contribution >= 0.6 is 0 Å². The van der Waals surface area contributed by atoms with E-state index in [1.54, 1.807) is 18.3 Å². The van der Waals surface area contributed by atoms with Crippen molar-refractivity contribution in [1.29, 1.82) is 0 Å². The molecule has 0 radical (unpaired) electrons. The molecule has 162 valence electrons. The number of ether oxygens (including phenoxy) is 2. The fourth-order valence-corrected chi connectivity index (χ4v) is 3.98. The van der Waals surface area contributed by atoms with Crippen LogP contribution in [0.2, 0.25) is 0 Å². The molecule has 8 heteroatoms. The van der Waals surface area contributed by atoms with E-state index in [4.69, 9.17) is 14.6 Å². The van der Waals surface area contributed by atoms with Crippen LogP contribution in [0.25, 0.3) is 11.3 Å². The Balaban J connectivity index is 1.80. The molecule has 30 heavy (non-hydrogen) atoms. The van der Waals surface area contributed by atoms with Crippen LogP contribution in [-0.4, -0.2) is 50.0 Å². The van der Waals surface area contributed by atoms with Gasteiger partial charge in [0.2, 0.25) is 5.88 Å². The topological polar surface area (TPSA) is 82.4 Å². The van der Waals surface area contributed by atoms with E-state index in [1.807, 2.05) is 20.8 Å². The molecule has 1 amide bonds. The molecule has 0 atom stereocenters. The second kappa shape index (κ2) is 7.56. The van der Waals surface area contributed by atoms with Crippen molar-refractivity contribution in [2.75, 3.05) is 13.7 Å². The van der Waals surface area contributed by atoms with E-state index in [-0.39, 0.29) is 12.1 Å². The largest absolute Gasteiger partial charge is 0.480 e. The lowest BCUT2D eigenvalue weighted by Crippen LogP contribution is -2.40. The summed E-state index contributed by atoms with van der Waals surface area (Å²) in [5.41, 5.74) is 4.35. The molecule has 0 unspecified atom stereocenters. The lowest BCUT2D eigenvalue weighted by atomic mass is 9.99. The summed E-state index contributed by atoms with van der Waals surface area (Å²) in [7, 11) is 1.63. The van der Waals surface area contributed by atoms with Gasteiger partial charge in [-0.15, -0.1) is 0 Å². The number of hydrogen-bond acceptors (Lipinski definition) is 6. The van der Waals surface area contributed by atoms with Gasteiger partial charge in [-0.1, -0.05) is 0 Å². The quantitative estimate of drug-likeness (QED) is 0.750. The van der Waals surface area contributed by atoms with Gasteiger partial charge in [0, 0.05) is 36.2 Å². The number of hydrogen-bond donors (Lipinski definition) is 0. The molecule has 0 saturated heterocycles. The van der Waals surface area contributed by atoms with Crippen molar-refractivity contribution in [3.63, 3.8) is 0 Å². The number of rotatable bonds is 4. The Labute approximate surface area is 177 Å². The molecule has 1 aliphatic carbocycles. The Hall–Kier alpha value is -2.64. The Morgan fingerprint density at radius 1 is 1.23 bits per heavy atom. The molecule has 0 N–H and O–H groups in total. The van der Waals surface area contributed by atoms with Crippen LogP contribution in [0.1, 0.15) is 76.4 Å². The number of methoxy groups -OCH3 is 1. The number of fused-ring (bicyclic) bond motifs is 1. The van der Waals surface area contributed by atoms with Gasteiger partial charge >= 0.3 is 6.09 Å². The normalized spacial score (nSPS) is 16.6. The van der Waals surface area contributed by atoms with Crippen molar-refractivity contribution >= 4 is 6.09 Å². The first kappa shape index (κ1) is 20.6. The van der Waals surface area contributed by atoms with Gasteiger partial charge in [-0.3, -0.25) is 4.68 Å². The standard InChI is InChI=1S/C22H31N5O3/c1-13(2)27-16-9-10-26(21(28)30-22(3,4)5)11-15(16)19(25-27)17-18(14-7-8-14)23-12-24-20(17)29-6/h12-14H,7-11H2,1-6H3. The predicted molar refractivity (Wildman–Crippen MR) is 113 cm³/mol. The number of amides is 1. The molecule has 1 aliphatic heterocycles. The average molecular weight is 414 g/mol. The third kappa shape index (κ3) is 3.87. The zero-order chi connectivity index (χ0) is 21.6. The van der Waals surface area contributed by atoms with E-state index in [0.717, 1.165) is 47.5 Å². The number of nitrogens with zero attached hydrogens (tertiary/aromatic N) is 5. The van der Waals surface area contributed by atoms with Gasteiger partial charge in [0.25, 0.3) is 0 Å². The first-order valence-corrected chi connectivity index (χ1v) is 10.7. The highest BCUT2D eigenvalue weighted by Crippen LogP contribution is 2.46. The summed E-state index contributed by atoms with van der Waals surface area (Å²) in [4.78, 5) is 23.5. The van der Waals surface area contributed by atoms with E-state index in [9.17, 15) is 4.79 Å². The zero-order valence-electron chi connectivity index (χ0n) is 18.7. The maximum absolute atomic E-state index is 12.7. The highest BCUT2D eigenvalue weighted by molar-refractivity contribution is 5.74. The zero-order valence-corrected chi connectivity index (χ0v) is 18.7. The van der Waals surface area contributed by atoms with Crippen LogP contribution < -0.4 is 4.74 Å². The number of carbonyl (C=O) groups is 1. The van der Waals surface area contributed by atoms with Crippen molar-refractivity contribution in [2.45, 2.75) is 78.0 Å². The second-order valence-corrected chi connectivity index (χ2v) is 9.38. The van der Waals surface area contributed by atoms with Crippen LogP contribution in [0.3, 0.4) is 0 Å². The highest BCUT2D eigenvalue weighted by Gasteiger charge is 2.36. The molecule has 3 heterocycles. The van der Waals surface area contributed by atoms with Gasteiger partial charge in [0.1, 0.15) is 17.6 Å². The van der Waals surface area contributed by atoms with Crippen molar-refractivity contribution in [1.82, 2.24) is 24.6 Å². The minimum atomic E-state index is -0.530. The highest BCUT2D eigenvalue weighted by atomic mass is 16.6. The van der Waals surface area contributed by atoms with Gasteiger partial charge in [0.05, 0.1) is 24.9 Å². The van der Waals surface area contributed by atoms with E-state index in [2.05, 4.69) is 28.5 Å². The van der Waals surface area contributed by atoms with Gasteiger partial charge in [-0.25, -0.2) is 14.8 Å². The second-order valence-electron chi connectivity index (χ2n) is 9.38. The maximum atomic E-state index is 12.7. The van der Waals surface area contributed by atoms with E-state index < -0.39 is 5.60 Å². The summed E-state index contributed by atoms with van der Waals surface area (Å²) in [6, 6.07) is 0.209. The van der Waals surface area contributed by atoms with Gasteiger partial charge in [-0.2, -0.15) is 5.10 Å². The summed E-state index contributed by atoms with van der Waals surface area (Å²) in [5.74, 6) is 0.958. The van der Waals surface area contributed by atoms with Gasteiger partial charge < -0.3 is 14.4 Å². The van der Waals surface area contributed by atoms with Crippen LogP contribution in [0.5, 0.6) is 5.88 Å². The summed E-state index contributed by atoms with van der Waals surface area (Å²) in [5, 5.41) is 4.99. The van der Waals surface area contributed by atoms with Gasteiger partial charge in [-0.05, 0) is 47.5 Å². The third-order valence-electron chi connectivity index (χ3n) is 5.46. The lowest BCUT2D eigenvalue weighted by Gasteiger charge is -2.31. The number of carbonyl (C=O) groups excluding carboxylic acids is 1. The first-order chi connectivity index (χ1) is 14.2. The van der Waals surface area contributed by atoms with Crippen LogP contribution in [-0.2, 0) is 17.7 Å². The third-order valence-corrected chi connectivity index (χ3v) is 5.46. The van der Waals surface area contributed by atoms with E-state index in [0.29, 0.717) is 24.9 Å². The van der Waals surface area contributed by atoms with Crippen LogP contribution in [0, 0.1) is 0 Å². The lowest BCUT2D eigenvalue weighted by molar-refractivity contribution is 0.0222. The van der Waals surface area contributed by atoms with E-state index in [1.165, 1.54) is 0 Å². The van der Waals surface area contributed by atoms with Crippen LogP contribution in [0.15, 0.2) is 6.33 Å². The average Bonchev–Trinajstić information content (AvgIpc) is 3.46. The fourth-order valence-electron chi connectivity index (χ4n) is 3.98. The Kier molecular flexibility index (Phi) is 5.20. The summed E-state index contributed by atoms with van der Waals surface area (Å²) < 4.78 is 13.3. The molecule has 0 bridgehead atoms. The first-order valence-electron chi connectivity index (χ1n) is 10.7. The Bertz CT molecular complexity index is 956. The monoisotopic (exact) mass is 413 g/mol. The van der Waals surface area contributed by atoms with Crippen molar-refractivity contribution in [3.05, 3.63) is 23.3 Å².